The van der Waals surface area contributed by atoms with Gasteiger partial charge >= 0.3 is 0 Å². The lowest BCUT2D eigenvalue weighted by Gasteiger charge is -2.09. The molecule has 6 nitrogen and oxygen atoms in total. The Bertz CT molecular complexity index is 1050. The summed E-state index contributed by atoms with van der Waals surface area (Å²) in [4.78, 5) is 35.8. The molecule has 1 heterocycles. The molecule has 136 valence electrons. The van der Waals surface area contributed by atoms with E-state index in [-0.39, 0.29) is 17.9 Å². The van der Waals surface area contributed by atoms with Crippen LogP contribution in [0.5, 0.6) is 0 Å². The summed E-state index contributed by atoms with van der Waals surface area (Å²) in [6, 6.07) is 17.4. The van der Waals surface area contributed by atoms with Crippen molar-refractivity contribution in [3.63, 3.8) is 0 Å². The van der Waals surface area contributed by atoms with Gasteiger partial charge in [0.25, 0.3) is 5.56 Å². The highest BCUT2D eigenvalue weighted by molar-refractivity contribution is 5.97. The molecule has 0 aliphatic rings. The molecule has 3 rings (SSSR count). The van der Waals surface area contributed by atoms with E-state index < -0.39 is 5.91 Å². The summed E-state index contributed by atoms with van der Waals surface area (Å²) in [5, 5.41) is 6.98. The van der Waals surface area contributed by atoms with Gasteiger partial charge in [-0.25, -0.2) is 4.68 Å². The number of aryl methyl sites for hydroxylation is 1. The fraction of sp³-hybridized carbons (Fsp3) is 0.143. The molecule has 1 aromatic heterocycles. The zero-order valence-corrected chi connectivity index (χ0v) is 15.1. The van der Waals surface area contributed by atoms with Crippen LogP contribution in [-0.2, 0) is 11.3 Å². The van der Waals surface area contributed by atoms with Crippen LogP contribution >= 0.6 is 0 Å². The number of carbonyl (C=O) groups excluding carboxylic acids is 2. The summed E-state index contributed by atoms with van der Waals surface area (Å²) in [6.07, 6.45) is 0. The number of amides is 1. The number of aromatic nitrogens is 2. The van der Waals surface area contributed by atoms with Crippen LogP contribution in [0.2, 0.25) is 0 Å². The maximum absolute atomic E-state index is 12.3. The van der Waals surface area contributed by atoms with Crippen molar-refractivity contribution in [3.8, 4) is 11.3 Å². The van der Waals surface area contributed by atoms with Gasteiger partial charge in [0.05, 0.1) is 5.69 Å². The first-order chi connectivity index (χ1) is 12.9. The van der Waals surface area contributed by atoms with E-state index in [0.29, 0.717) is 16.9 Å². The molecule has 0 unspecified atom stereocenters. The quantitative estimate of drug-likeness (QED) is 0.708. The van der Waals surface area contributed by atoms with Crippen LogP contribution in [0, 0.1) is 6.92 Å². The van der Waals surface area contributed by atoms with E-state index in [1.165, 1.54) is 13.0 Å². The van der Waals surface area contributed by atoms with Gasteiger partial charge in [0.1, 0.15) is 6.54 Å². The summed E-state index contributed by atoms with van der Waals surface area (Å²) in [5.74, 6) is -0.485. The number of rotatable bonds is 5. The number of ketones is 1. The number of nitrogens with zero attached hydrogens (tertiary/aromatic N) is 2. The zero-order valence-electron chi connectivity index (χ0n) is 15.1. The molecular formula is C21H19N3O3. The smallest absolute Gasteiger partial charge is 0.267 e. The number of carbonyl (C=O) groups is 2. The highest BCUT2D eigenvalue weighted by Gasteiger charge is 2.09. The molecule has 27 heavy (non-hydrogen) atoms. The SMILES string of the molecule is CC(=O)c1cccc(NC(=O)Cn2nc(-c3ccc(C)cc3)ccc2=O)c1. The van der Waals surface area contributed by atoms with Crippen molar-refractivity contribution in [1.29, 1.82) is 0 Å². The molecule has 0 aliphatic heterocycles. The number of nitrogens with one attached hydrogen (secondary N) is 1. The van der Waals surface area contributed by atoms with Gasteiger partial charge < -0.3 is 5.32 Å². The van der Waals surface area contributed by atoms with E-state index in [1.54, 1.807) is 30.3 Å². The maximum atomic E-state index is 12.3. The van der Waals surface area contributed by atoms with Gasteiger partial charge in [-0.15, -0.1) is 0 Å². The van der Waals surface area contributed by atoms with E-state index in [1.807, 2.05) is 31.2 Å². The summed E-state index contributed by atoms with van der Waals surface area (Å²) >= 11 is 0. The summed E-state index contributed by atoms with van der Waals surface area (Å²) in [6.45, 7) is 3.23. The molecule has 0 fully saturated rings. The lowest BCUT2D eigenvalue weighted by Crippen LogP contribution is -2.29. The van der Waals surface area contributed by atoms with Crippen LogP contribution in [0.15, 0.2) is 65.5 Å². The van der Waals surface area contributed by atoms with Crippen LogP contribution in [0.1, 0.15) is 22.8 Å². The minimum atomic E-state index is -0.397. The third-order valence-corrected chi connectivity index (χ3v) is 4.06. The molecule has 0 radical (unpaired) electrons. The van der Waals surface area contributed by atoms with Crippen molar-refractivity contribution in [1.82, 2.24) is 9.78 Å². The first-order valence-corrected chi connectivity index (χ1v) is 8.48. The molecule has 2 aromatic carbocycles. The van der Waals surface area contributed by atoms with Crippen LogP contribution in [0.25, 0.3) is 11.3 Å². The normalized spacial score (nSPS) is 10.4. The Hall–Kier alpha value is -3.54. The number of anilines is 1. The van der Waals surface area contributed by atoms with Gasteiger partial charge in [0.2, 0.25) is 5.91 Å². The van der Waals surface area contributed by atoms with Crippen LogP contribution in [0.4, 0.5) is 5.69 Å². The molecule has 0 saturated carbocycles. The monoisotopic (exact) mass is 361 g/mol. The molecule has 0 atom stereocenters. The molecule has 1 amide bonds. The number of Topliss-reactive ketones (excluding diaryl/α,β-unsaturated/α-hetero) is 1. The van der Waals surface area contributed by atoms with Gasteiger partial charge in [-0.1, -0.05) is 42.0 Å². The summed E-state index contributed by atoms with van der Waals surface area (Å²) in [5.41, 5.74) is 3.24. The Morgan fingerprint density at radius 1 is 1.04 bits per heavy atom. The average molecular weight is 361 g/mol. The van der Waals surface area contributed by atoms with Crippen LogP contribution < -0.4 is 10.9 Å². The van der Waals surface area contributed by atoms with Crippen LogP contribution in [-0.4, -0.2) is 21.5 Å². The molecule has 6 heteroatoms. The average Bonchev–Trinajstić information content (AvgIpc) is 2.64. The van der Waals surface area contributed by atoms with Crippen molar-refractivity contribution in [2.45, 2.75) is 20.4 Å². The minimum Gasteiger partial charge on any atom is -0.324 e. The minimum absolute atomic E-state index is 0.0882. The number of hydrogen-bond donors (Lipinski definition) is 1. The molecule has 1 N–H and O–H groups in total. The molecular weight excluding hydrogens is 342 g/mol. The van der Waals surface area contributed by atoms with E-state index in [4.69, 9.17) is 0 Å². The second-order valence-electron chi connectivity index (χ2n) is 6.27. The Balaban J connectivity index is 1.78. The van der Waals surface area contributed by atoms with E-state index in [9.17, 15) is 14.4 Å². The Morgan fingerprint density at radius 3 is 2.48 bits per heavy atom. The van der Waals surface area contributed by atoms with Crippen molar-refractivity contribution >= 4 is 17.4 Å². The van der Waals surface area contributed by atoms with Gasteiger partial charge in [-0.3, -0.25) is 14.4 Å². The lowest BCUT2D eigenvalue weighted by molar-refractivity contribution is -0.117. The molecule has 0 saturated heterocycles. The predicted octanol–water partition coefficient (Wildman–Crippen LogP) is 3.06. The number of benzene rings is 2. The van der Waals surface area contributed by atoms with Gasteiger partial charge in [0.15, 0.2) is 5.78 Å². The van der Waals surface area contributed by atoms with Crippen molar-refractivity contribution in [2.75, 3.05) is 5.32 Å². The highest BCUT2D eigenvalue weighted by Crippen LogP contribution is 2.16. The van der Waals surface area contributed by atoms with Crippen molar-refractivity contribution < 1.29 is 9.59 Å². The lowest BCUT2D eigenvalue weighted by atomic mass is 10.1. The number of hydrogen-bond acceptors (Lipinski definition) is 4. The topological polar surface area (TPSA) is 81.1 Å². The van der Waals surface area contributed by atoms with Crippen molar-refractivity contribution in [3.05, 3.63) is 82.1 Å². The molecule has 0 spiro atoms. The fourth-order valence-electron chi connectivity index (χ4n) is 2.59. The Labute approximate surface area is 156 Å². The van der Waals surface area contributed by atoms with Crippen molar-refractivity contribution in [2.24, 2.45) is 0 Å². The standard InChI is InChI=1S/C21H19N3O3/c1-14-6-8-16(9-7-14)19-10-11-21(27)24(23-19)13-20(26)22-18-5-3-4-17(12-18)15(2)25/h3-12H,13H2,1-2H3,(H,22,26). The Morgan fingerprint density at radius 2 is 1.78 bits per heavy atom. The first-order valence-electron chi connectivity index (χ1n) is 8.48. The zero-order chi connectivity index (χ0) is 19.4. The first kappa shape index (κ1) is 18.3. The second-order valence-corrected chi connectivity index (χ2v) is 6.27. The summed E-state index contributed by atoms with van der Waals surface area (Å²) < 4.78 is 1.12. The second kappa shape index (κ2) is 7.78. The largest absolute Gasteiger partial charge is 0.324 e. The Kier molecular flexibility index (Phi) is 5.26. The molecule has 3 aromatic rings. The van der Waals surface area contributed by atoms with E-state index in [2.05, 4.69) is 10.4 Å². The maximum Gasteiger partial charge on any atom is 0.267 e. The third kappa shape index (κ3) is 4.55. The fourth-order valence-corrected chi connectivity index (χ4v) is 2.59. The van der Waals surface area contributed by atoms with Gasteiger partial charge in [0, 0.05) is 22.9 Å². The molecule has 0 aliphatic carbocycles. The van der Waals surface area contributed by atoms with E-state index in [0.717, 1.165) is 15.8 Å². The third-order valence-electron chi connectivity index (χ3n) is 4.06. The highest BCUT2D eigenvalue weighted by atomic mass is 16.2. The predicted molar refractivity (Wildman–Crippen MR) is 104 cm³/mol. The summed E-state index contributed by atoms with van der Waals surface area (Å²) in [7, 11) is 0. The van der Waals surface area contributed by atoms with E-state index >= 15 is 0 Å². The van der Waals surface area contributed by atoms with Gasteiger partial charge in [-0.05, 0) is 32.0 Å². The van der Waals surface area contributed by atoms with Gasteiger partial charge in [-0.2, -0.15) is 5.10 Å². The molecule has 0 bridgehead atoms. The van der Waals surface area contributed by atoms with Crippen LogP contribution in [0.3, 0.4) is 0 Å².